The summed E-state index contributed by atoms with van der Waals surface area (Å²) in [5.74, 6) is -0.709. The van der Waals surface area contributed by atoms with E-state index in [4.69, 9.17) is 21.3 Å². The van der Waals surface area contributed by atoms with Crippen LogP contribution in [0.5, 0.6) is 0 Å². The number of fused-ring (bicyclic) bond motifs is 1. The number of benzene rings is 1. The molecule has 1 aromatic heterocycles. The number of rotatable bonds is 13. The van der Waals surface area contributed by atoms with Crippen molar-refractivity contribution in [2.45, 2.75) is 70.1 Å². The first-order valence-corrected chi connectivity index (χ1v) is 13.3. The van der Waals surface area contributed by atoms with Gasteiger partial charge in [0.05, 0.1) is 5.02 Å². The molecule has 1 unspecified atom stereocenters. The average molecular weight is 533 g/mol. The minimum Gasteiger partial charge on any atom is -0.480 e. The van der Waals surface area contributed by atoms with Crippen molar-refractivity contribution in [1.82, 2.24) is 15.2 Å². The number of hydrogen-bond acceptors (Lipinski definition) is 6. The number of amides is 1. The largest absolute Gasteiger partial charge is 0.480 e. The number of alkyl carbamates (subject to hydrolysis) is 1. The third-order valence-electron chi connectivity index (χ3n) is 6.83. The van der Waals surface area contributed by atoms with Crippen LogP contribution in [0.3, 0.4) is 0 Å². The van der Waals surface area contributed by atoms with Gasteiger partial charge in [0.2, 0.25) is 0 Å². The standard InChI is InChI=1S/C27H34ClFN4O4/c28-24-19(5-3-8-22(24)29)17-37-27(36)32-23(26(34)35)13-16-33(21-11-12-21)15-2-1-7-20-10-9-18-6-4-14-30-25(18)31-20/h3,5,8-10,21,23H,1-2,4,6-7,11-17H2,(H,30,31)(H,32,36)(H,34,35). The van der Waals surface area contributed by atoms with Crippen LogP contribution in [-0.4, -0.2) is 58.8 Å². The summed E-state index contributed by atoms with van der Waals surface area (Å²) < 4.78 is 18.6. The molecule has 37 heavy (non-hydrogen) atoms. The first kappa shape index (κ1) is 27.1. The summed E-state index contributed by atoms with van der Waals surface area (Å²) in [6, 6.07) is 7.91. The highest BCUT2D eigenvalue weighted by atomic mass is 35.5. The maximum absolute atomic E-state index is 13.5. The van der Waals surface area contributed by atoms with Crippen molar-refractivity contribution in [2.75, 3.05) is 25.0 Å². The maximum atomic E-state index is 13.5. The SMILES string of the molecule is O=C(NC(CCN(CCCCc1ccc2c(n1)NCCC2)C1CC1)C(=O)O)OCc1cccc(F)c1Cl. The summed E-state index contributed by atoms with van der Waals surface area (Å²) in [7, 11) is 0. The van der Waals surface area contributed by atoms with Crippen LogP contribution < -0.4 is 10.6 Å². The molecule has 10 heteroatoms. The van der Waals surface area contributed by atoms with Crippen LogP contribution in [0.15, 0.2) is 30.3 Å². The van der Waals surface area contributed by atoms with Crippen LogP contribution in [0, 0.1) is 5.82 Å². The Morgan fingerprint density at radius 2 is 2.08 bits per heavy atom. The zero-order valence-corrected chi connectivity index (χ0v) is 21.6. The van der Waals surface area contributed by atoms with E-state index in [1.54, 1.807) is 6.07 Å². The molecule has 2 aromatic rings. The number of carboxylic acids is 1. The molecule has 1 amide bonds. The van der Waals surface area contributed by atoms with Gasteiger partial charge in [-0.05, 0) is 75.6 Å². The second-order valence-electron chi connectivity index (χ2n) is 9.68. The number of aromatic nitrogens is 1. The highest BCUT2D eigenvalue weighted by molar-refractivity contribution is 6.31. The van der Waals surface area contributed by atoms with Crippen LogP contribution >= 0.6 is 11.6 Å². The third-order valence-corrected chi connectivity index (χ3v) is 7.25. The summed E-state index contributed by atoms with van der Waals surface area (Å²) >= 11 is 5.88. The van der Waals surface area contributed by atoms with Gasteiger partial charge in [0, 0.05) is 30.4 Å². The van der Waals surface area contributed by atoms with E-state index < -0.39 is 23.9 Å². The third kappa shape index (κ3) is 8.04. The number of nitrogens with zero attached hydrogens (tertiary/aromatic N) is 2. The molecule has 200 valence electrons. The fraction of sp³-hybridized carbons (Fsp3) is 0.519. The van der Waals surface area contributed by atoms with Gasteiger partial charge in [0.25, 0.3) is 0 Å². The second-order valence-corrected chi connectivity index (χ2v) is 10.1. The Hall–Kier alpha value is -2.91. The smallest absolute Gasteiger partial charge is 0.408 e. The van der Waals surface area contributed by atoms with Crippen molar-refractivity contribution < 1.29 is 23.8 Å². The highest BCUT2D eigenvalue weighted by Gasteiger charge is 2.30. The molecule has 3 N–H and O–H groups in total. The second kappa shape index (κ2) is 13.1. The Morgan fingerprint density at radius 3 is 2.86 bits per heavy atom. The summed E-state index contributed by atoms with van der Waals surface area (Å²) in [5, 5.41) is 15.3. The van der Waals surface area contributed by atoms with Gasteiger partial charge in [-0.15, -0.1) is 0 Å². The Bertz CT molecular complexity index is 1100. The van der Waals surface area contributed by atoms with Gasteiger partial charge in [-0.3, -0.25) is 0 Å². The van der Waals surface area contributed by atoms with Gasteiger partial charge in [-0.2, -0.15) is 0 Å². The van der Waals surface area contributed by atoms with Crippen molar-refractivity contribution in [3.05, 3.63) is 58.0 Å². The fourth-order valence-electron chi connectivity index (χ4n) is 4.59. The Morgan fingerprint density at radius 1 is 1.24 bits per heavy atom. The van der Waals surface area contributed by atoms with Crippen molar-refractivity contribution in [2.24, 2.45) is 0 Å². The van der Waals surface area contributed by atoms with Crippen molar-refractivity contribution in [3.63, 3.8) is 0 Å². The number of halogens is 2. The molecule has 0 spiro atoms. The quantitative estimate of drug-likeness (QED) is 0.319. The predicted octanol–water partition coefficient (Wildman–Crippen LogP) is 4.79. The predicted molar refractivity (Wildman–Crippen MR) is 139 cm³/mol. The first-order valence-electron chi connectivity index (χ1n) is 13.0. The number of carboxylic acid groups (broad SMARTS) is 1. The molecule has 1 aliphatic heterocycles. The number of carbonyl (C=O) groups excluding carboxylic acids is 1. The lowest BCUT2D eigenvalue weighted by atomic mass is 10.1. The fourth-order valence-corrected chi connectivity index (χ4v) is 4.77. The zero-order valence-electron chi connectivity index (χ0n) is 20.8. The molecule has 1 fully saturated rings. The van der Waals surface area contributed by atoms with Crippen LogP contribution in [0.4, 0.5) is 15.0 Å². The maximum Gasteiger partial charge on any atom is 0.408 e. The molecule has 1 atom stereocenters. The van der Waals surface area contributed by atoms with E-state index in [1.807, 2.05) is 0 Å². The Kier molecular flexibility index (Phi) is 9.57. The molecule has 0 saturated heterocycles. The van der Waals surface area contributed by atoms with Crippen molar-refractivity contribution in [1.29, 1.82) is 0 Å². The molecular weight excluding hydrogens is 499 g/mol. The number of aliphatic carboxylic acids is 1. The van der Waals surface area contributed by atoms with Crippen molar-refractivity contribution in [3.8, 4) is 0 Å². The minimum absolute atomic E-state index is 0.121. The van der Waals surface area contributed by atoms with Gasteiger partial charge in [0.1, 0.15) is 24.3 Å². The lowest BCUT2D eigenvalue weighted by Gasteiger charge is -2.24. The lowest BCUT2D eigenvalue weighted by Crippen LogP contribution is -2.43. The van der Waals surface area contributed by atoms with Crippen LogP contribution in [0.25, 0.3) is 0 Å². The van der Waals surface area contributed by atoms with Gasteiger partial charge in [-0.1, -0.05) is 29.8 Å². The van der Waals surface area contributed by atoms with Gasteiger partial charge >= 0.3 is 12.1 Å². The molecule has 8 nitrogen and oxygen atoms in total. The number of unbranched alkanes of at least 4 members (excludes halogenated alkanes) is 1. The number of anilines is 1. The summed E-state index contributed by atoms with van der Waals surface area (Å²) in [6.07, 6.45) is 6.74. The molecule has 1 aliphatic carbocycles. The van der Waals surface area contributed by atoms with Crippen LogP contribution in [0.1, 0.15) is 55.3 Å². The molecular formula is C27H34ClFN4O4. The lowest BCUT2D eigenvalue weighted by molar-refractivity contribution is -0.139. The van der Waals surface area contributed by atoms with Gasteiger partial charge in [0.15, 0.2) is 0 Å². The topological polar surface area (TPSA) is 104 Å². The number of ether oxygens (including phenoxy) is 1. The van der Waals surface area contributed by atoms with Gasteiger partial charge < -0.3 is 25.4 Å². The first-order chi connectivity index (χ1) is 17.9. The van der Waals surface area contributed by atoms with Crippen LogP contribution in [-0.2, 0) is 29.0 Å². The molecule has 0 radical (unpaired) electrons. The molecule has 1 aromatic carbocycles. The summed E-state index contributed by atoms with van der Waals surface area (Å²) in [6.45, 7) is 2.17. The number of nitrogens with one attached hydrogen (secondary N) is 2. The highest BCUT2D eigenvalue weighted by Crippen LogP contribution is 2.28. The van der Waals surface area contributed by atoms with E-state index in [-0.39, 0.29) is 18.1 Å². The summed E-state index contributed by atoms with van der Waals surface area (Å²) in [4.78, 5) is 31.0. The molecule has 1 saturated carbocycles. The van der Waals surface area contributed by atoms with E-state index in [0.29, 0.717) is 18.2 Å². The zero-order chi connectivity index (χ0) is 26.2. The molecule has 4 rings (SSSR count). The number of hydrogen-bond donors (Lipinski definition) is 3. The Balaban J connectivity index is 1.20. The van der Waals surface area contributed by atoms with E-state index >= 15 is 0 Å². The summed E-state index contributed by atoms with van der Waals surface area (Å²) in [5.41, 5.74) is 2.70. The van der Waals surface area contributed by atoms with Crippen LogP contribution in [0.2, 0.25) is 5.02 Å². The van der Waals surface area contributed by atoms with E-state index in [2.05, 4.69) is 27.7 Å². The molecule has 0 bridgehead atoms. The molecule has 2 aliphatic rings. The number of carbonyl (C=O) groups is 2. The molecule has 2 heterocycles. The average Bonchev–Trinajstić information content (AvgIpc) is 3.73. The van der Waals surface area contributed by atoms with E-state index in [0.717, 1.165) is 69.5 Å². The normalized spacial score (nSPS) is 15.5. The van der Waals surface area contributed by atoms with E-state index in [9.17, 15) is 19.1 Å². The monoisotopic (exact) mass is 532 g/mol. The van der Waals surface area contributed by atoms with E-state index in [1.165, 1.54) is 17.7 Å². The van der Waals surface area contributed by atoms with Crippen molar-refractivity contribution >= 4 is 29.5 Å². The number of pyridine rings is 1. The number of aryl methyl sites for hydroxylation is 2. The van der Waals surface area contributed by atoms with Gasteiger partial charge in [-0.25, -0.2) is 19.0 Å². The Labute approximate surface area is 221 Å². The minimum atomic E-state index is -1.12.